The smallest absolute Gasteiger partial charge is 0.336 e. The number of rotatable bonds is 23. The average molecular weight is 784 g/mol. The highest BCUT2D eigenvalue weighted by atomic mass is 16.7. The SMILES string of the molecule is C.CCOCCOC(=O)CCn1c(=O)[nH]c(=O)n(CCC(=O)OCOCN2C(=O)N(COC)C3C2N(COCC(O)c2ccccc2)C(=O)N3COC)c1=O. The first-order valence-corrected chi connectivity index (χ1v) is 16.9. The second kappa shape index (κ2) is 21.7. The van der Waals surface area contributed by atoms with Crippen LogP contribution >= 0.6 is 0 Å². The molecular formula is C33H49N7O15. The third-order valence-corrected chi connectivity index (χ3v) is 8.23. The van der Waals surface area contributed by atoms with Crippen molar-refractivity contribution >= 4 is 24.0 Å². The molecule has 22 heteroatoms. The molecule has 55 heavy (non-hydrogen) atoms. The van der Waals surface area contributed by atoms with Crippen LogP contribution in [0, 0.1) is 0 Å². The zero-order valence-electron chi connectivity index (χ0n) is 30.2. The van der Waals surface area contributed by atoms with Gasteiger partial charge in [-0.1, -0.05) is 37.8 Å². The first-order chi connectivity index (χ1) is 26.0. The molecule has 0 radical (unpaired) electrons. The van der Waals surface area contributed by atoms with Crippen molar-refractivity contribution in [3.8, 4) is 0 Å². The molecule has 2 aliphatic heterocycles. The molecule has 306 valence electrons. The lowest BCUT2D eigenvalue weighted by Crippen LogP contribution is -2.49. The normalized spacial score (nSPS) is 17.0. The third-order valence-electron chi connectivity index (χ3n) is 8.23. The molecular weight excluding hydrogens is 734 g/mol. The monoisotopic (exact) mass is 783 g/mol. The van der Waals surface area contributed by atoms with Gasteiger partial charge in [0.25, 0.3) is 0 Å². The van der Waals surface area contributed by atoms with Gasteiger partial charge in [0.2, 0.25) is 0 Å². The lowest BCUT2D eigenvalue weighted by molar-refractivity contribution is -0.160. The number of amides is 4. The van der Waals surface area contributed by atoms with E-state index in [2.05, 4.69) is 0 Å². The fourth-order valence-corrected chi connectivity index (χ4v) is 5.69. The number of aromatic nitrogens is 3. The summed E-state index contributed by atoms with van der Waals surface area (Å²) in [4.78, 5) is 96.0. The van der Waals surface area contributed by atoms with Crippen molar-refractivity contribution in [2.45, 2.75) is 58.7 Å². The summed E-state index contributed by atoms with van der Waals surface area (Å²) < 4.78 is 38.0. The van der Waals surface area contributed by atoms with Crippen LogP contribution in [-0.2, 0) is 55.8 Å². The Morgan fingerprint density at radius 2 is 1.24 bits per heavy atom. The predicted molar refractivity (Wildman–Crippen MR) is 188 cm³/mol. The molecule has 0 saturated carbocycles. The van der Waals surface area contributed by atoms with Gasteiger partial charge in [-0.05, 0) is 12.5 Å². The van der Waals surface area contributed by atoms with E-state index in [4.69, 9.17) is 33.2 Å². The number of benzene rings is 1. The number of hydrogen-bond acceptors (Lipinski definition) is 15. The Kier molecular flexibility index (Phi) is 17.5. The van der Waals surface area contributed by atoms with Crippen molar-refractivity contribution in [3.05, 3.63) is 67.3 Å². The largest absolute Gasteiger partial charge is 0.463 e. The predicted octanol–water partition coefficient (Wildman–Crippen LogP) is -0.788. The Morgan fingerprint density at radius 3 is 1.76 bits per heavy atom. The van der Waals surface area contributed by atoms with Gasteiger partial charge in [-0.25, -0.2) is 33.1 Å². The number of carbonyl (C=O) groups is 4. The fraction of sp³-hybridized carbons (Fsp3) is 0.606. The highest BCUT2D eigenvalue weighted by Gasteiger charge is 2.59. The quantitative estimate of drug-likeness (QED) is 0.0797. The second-order valence-corrected chi connectivity index (χ2v) is 11.7. The van der Waals surface area contributed by atoms with E-state index in [0.717, 1.165) is 0 Å². The molecule has 2 saturated heterocycles. The van der Waals surface area contributed by atoms with Gasteiger partial charge in [-0.2, -0.15) is 0 Å². The Morgan fingerprint density at radius 1 is 0.727 bits per heavy atom. The summed E-state index contributed by atoms with van der Waals surface area (Å²) >= 11 is 0. The number of methoxy groups -OCH3 is 2. The number of aliphatic hydroxyl groups excluding tert-OH is 1. The molecule has 3 unspecified atom stereocenters. The minimum atomic E-state index is -1.07. The molecule has 2 fully saturated rings. The van der Waals surface area contributed by atoms with E-state index in [-0.39, 0.29) is 60.4 Å². The van der Waals surface area contributed by atoms with Crippen LogP contribution in [0.25, 0.3) is 0 Å². The first kappa shape index (κ1) is 44.3. The Labute approximate surface area is 315 Å². The van der Waals surface area contributed by atoms with Crippen LogP contribution in [-0.4, -0.2) is 150 Å². The molecule has 2 N–H and O–H groups in total. The minimum Gasteiger partial charge on any atom is -0.463 e. The average Bonchev–Trinajstić information content (AvgIpc) is 3.57. The van der Waals surface area contributed by atoms with E-state index >= 15 is 0 Å². The van der Waals surface area contributed by atoms with Crippen LogP contribution in [0.2, 0.25) is 0 Å². The molecule has 3 atom stereocenters. The van der Waals surface area contributed by atoms with Gasteiger partial charge in [0.05, 0.1) is 26.1 Å². The Balaban J connectivity index is 0.00000812. The van der Waals surface area contributed by atoms with E-state index in [0.29, 0.717) is 21.3 Å². The maximum atomic E-state index is 13.5. The summed E-state index contributed by atoms with van der Waals surface area (Å²) in [7, 11) is 2.77. The number of fused-ring (bicyclic) bond motifs is 1. The van der Waals surface area contributed by atoms with E-state index in [1.807, 2.05) is 4.98 Å². The number of ether oxygens (including phenoxy) is 7. The maximum Gasteiger partial charge on any atom is 0.336 e. The number of hydrogen-bond donors (Lipinski definition) is 2. The zero-order valence-corrected chi connectivity index (χ0v) is 30.2. The Hall–Kier alpha value is -5.13. The van der Waals surface area contributed by atoms with Crippen LogP contribution in [0.15, 0.2) is 44.7 Å². The molecule has 22 nitrogen and oxygen atoms in total. The van der Waals surface area contributed by atoms with Crippen LogP contribution < -0.4 is 17.1 Å². The number of urea groups is 2. The molecule has 0 spiro atoms. The summed E-state index contributed by atoms with van der Waals surface area (Å²) in [6.07, 6.45) is -3.65. The summed E-state index contributed by atoms with van der Waals surface area (Å²) in [5.41, 5.74) is -2.54. The van der Waals surface area contributed by atoms with Gasteiger partial charge in [0.1, 0.15) is 39.6 Å². The molecule has 0 bridgehead atoms. The second-order valence-electron chi connectivity index (χ2n) is 11.7. The zero-order chi connectivity index (χ0) is 39.2. The number of nitrogens with one attached hydrogen (secondary N) is 1. The highest BCUT2D eigenvalue weighted by molar-refractivity contribution is 5.85. The first-order valence-electron chi connectivity index (χ1n) is 16.9. The van der Waals surface area contributed by atoms with Crippen LogP contribution in [0.1, 0.15) is 38.9 Å². The third kappa shape index (κ3) is 11.2. The number of carbonyl (C=O) groups excluding carboxylic acids is 4. The topological polar surface area (TPSA) is 243 Å². The highest BCUT2D eigenvalue weighted by Crippen LogP contribution is 2.35. The van der Waals surface area contributed by atoms with Crippen molar-refractivity contribution in [2.24, 2.45) is 0 Å². The van der Waals surface area contributed by atoms with Gasteiger partial charge in [0, 0.05) is 33.9 Å². The molecule has 2 aromatic rings. The summed E-state index contributed by atoms with van der Waals surface area (Å²) in [5, 5.41) is 10.5. The molecule has 0 aliphatic carbocycles. The maximum absolute atomic E-state index is 13.5. The fourth-order valence-electron chi connectivity index (χ4n) is 5.69. The van der Waals surface area contributed by atoms with Gasteiger partial charge in [-0.3, -0.25) is 34.2 Å². The van der Waals surface area contributed by atoms with Crippen molar-refractivity contribution < 1.29 is 57.4 Å². The standard InChI is InChI=1S/C32H45N7O15.CH4/c1-4-50-14-15-53-24(41)10-12-34-28(43)33-29(44)35(30(34)45)13-11-25(42)54-21-52-20-39-27-26(37(18-49-3)32(39)47)36(17-48-2)31(46)38(27)19-51-16-23(40)22-8-6-5-7-9-22;/h5-9,23,26-27,40H,4,10-21H2,1-3H3,(H,33,43,44);1H4. The van der Waals surface area contributed by atoms with Gasteiger partial charge < -0.3 is 38.3 Å². The molecule has 4 amide bonds. The lowest BCUT2D eigenvalue weighted by Gasteiger charge is -2.29. The minimum absolute atomic E-state index is 0. The lowest BCUT2D eigenvalue weighted by atomic mass is 10.1. The summed E-state index contributed by atoms with van der Waals surface area (Å²) in [5.74, 6) is -1.58. The van der Waals surface area contributed by atoms with Crippen molar-refractivity contribution in [1.29, 1.82) is 0 Å². The van der Waals surface area contributed by atoms with Crippen LogP contribution in [0.5, 0.6) is 0 Å². The molecule has 1 aromatic carbocycles. The number of aliphatic hydroxyl groups is 1. The van der Waals surface area contributed by atoms with Gasteiger partial charge in [0.15, 0.2) is 19.1 Å². The number of aromatic amines is 1. The number of nitrogens with zero attached hydrogens (tertiary/aromatic N) is 6. The number of H-pyrrole nitrogens is 1. The van der Waals surface area contributed by atoms with E-state index in [1.54, 1.807) is 37.3 Å². The summed E-state index contributed by atoms with van der Waals surface area (Å²) in [6, 6.07) is 7.68. The van der Waals surface area contributed by atoms with Gasteiger partial charge in [-0.15, -0.1) is 0 Å². The van der Waals surface area contributed by atoms with Crippen molar-refractivity contribution in [1.82, 2.24) is 33.7 Å². The number of esters is 2. The molecule has 1 aromatic heterocycles. The Bertz CT molecular complexity index is 1750. The molecule has 4 rings (SSSR count). The van der Waals surface area contributed by atoms with Crippen molar-refractivity contribution in [2.75, 3.05) is 74.4 Å². The van der Waals surface area contributed by atoms with E-state index in [9.17, 15) is 38.7 Å². The van der Waals surface area contributed by atoms with Crippen LogP contribution in [0.4, 0.5) is 9.59 Å². The molecule has 2 aliphatic rings. The molecule has 3 heterocycles. The van der Waals surface area contributed by atoms with Gasteiger partial charge >= 0.3 is 41.1 Å². The van der Waals surface area contributed by atoms with Crippen LogP contribution in [0.3, 0.4) is 0 Å². The summed E-state index contributed by atoms with van der Waals surface area (Å²) in [6.45, 7) is -0.400. The van der Waals surface area contributed by atoms with E-state index < -0.39 is 86.0 Å². The van der Waals surface area contributed by atoms with Crippen molar-refractivity contribution in [3.63, 3.8) is 0 Å². The van der Waals surface area contributed by atoms with E-state index in [1.165, 1.54) is 33.8 Å².